The van der Waals surface area contributed by atoms with E-state index in [1.54, 1.807) is 6.07 Å². The predicted molar refractivity (Wildman–Crippen MR) is 103 cm³/mol. The molecule has 0 aliphatic heterocycles. The van der Waals surface area contributed by atoms with Gasteiger partial charge in [0.2, 0.25) is 0 Å². The normalized spacial score (nSPS) is 11.2. The fraction of sp³-hybridized carbons (Fsp3) is 0. The summed E-state index contributed by atoms with van der Waals surface area (Å²) in [5, 5.41) is 1.69. The average molecular weight is 338 g/mol. The molecule has 0 amide bonds. The Morgan fingerprint density at radius 3 is 2.04 bits per heavy atom. The first-order chi connectivity index (χ1) is 12.8. The maximum absolute atomic E-state index is 12.2. The van der Waals surface area contributed by atoms with Crippen molar-refractivity contribution in [2.75, 3.05) is 0 Å². The van der Waals surface area contributed by atoms with Gasteiger partial charge in [0.05, 0.1) is 5.39 Å². The number of fused-ring (bicyclic) bond motifs is 3. The van der Waals surface area contributed by atoms with Crippen LogP contribution in [-0.4, -0.2) is 0 Å². The second-order valence-electron chi connectivity index (χ2n) is 6.18. The summed E-state index contributed by atoms with van der Waals surface area (Å²) in [4.78, 5) is 12.2. The number of hydrogen-bond acceptors (Lipinski definition) is 3. The van der Waals surface area contributed by atoms with Crippen LogP contribution in [0, 0.1) is 0 Å². The molecule has 0 unspecified atom stereocenters. The molecule has 5 rings (SSSR count). The van der Waals surface area contributed by atoms with Gasteiger partial charge in [0, 0.05) is 17.0 Å². The summed E-state index contributed by atoms with van der Waals surface area (Å²) in [5.74, 6) is 0.751. The molecule has 0 saturated carbocycles. The monoisotopic (exact) mass is 338 g/mol. The molecule has 0 fully saturated rings. The third kappa shape index (κ3) is 2.33. The van der Waals surface area contributed by atoms with Crippen LogP contribution in [0.4, 0.5) is 0 Å². The first-order valence-corrected chi connectivity index (χ1v) is 8.41. The van der Waals surface area contributed by atoms with E-state index in [2.05, 4.69) is 0 Å². The largest absolute Gasteiger partial charge is 0.456 e. The fourth-order valence-electron chi connectivity index (χ4n) is 3.34. The van der Waals surface area contributed by atoms with Crippen molar-refractivity contribution in [1.82, 2.24) is 0 Å². The van der Waals surface area contributed by atoms with Crippen molar-refractivity contribution in [2.45, 2.75) is 0 Å². The van der Waals surface area contributed by atoms with Gasteiger partial charge in [-0.2, -0.15) is 0 Å². The first-order valence-electron chi connectivity index (χ1n) is 8.41. The minimum atomic E-state index is -0.369. The van der Waals surface area contributed by atoms with Crippen molar-refractivity contribution in [3.8, 4) is 22.5 Å². The van der Waals surface area contributed by atoms with Gasteiger partial charge in [0.1, 0.15) is 16.9 Å². The minimum absolute atomic E-state index is 0.369. The molecule has 2 heterocycles. The van der Waals surface area contributed by atoms with Gasteiger partial charge in [-0.3, -0.25) is 0 Å². The zero-order chi connectivity index (χ0) is 17.5. The highest BCUT2D eigenvalue weighted by molar-refractivity contribution is 6.08. The maximum Gasteiger partial charge on any atom is 0.336 e. The summed E-state index contributed by atoms with van der Waals surface area (Å²) in [6.07, 6.45) is 0. The molecule has 0 bridgehead atoms. The van der Waals surface area contributed by atoms with Gasteiger partial charge in [-0.1, -0.05) is 60.7 Å². The molecule has 3 nitrogen and oxygen atoms in total. The molecule has 26 heavy (non-hydrogen) atoms. The highest BCUT2D eigenvalue weighted by Gasteiger charge is 2.14. The highest BCUT2D eigenvalue weighted by atomic mass is 16.4. The smallest absolute Gasteiger partial charge is 0.336 e. The van der Waals surface area contributed by atoms with Gasteiger partial charge in [-0.15, -0.1) is 0 Å². The van der Waals surface area contributed by atoms with Crippen LogP contribution in [0.15, 0.2) is 98.6 Å². The molecule has 5 aromatic rings. The molecule has 0 N–H and O–H groups in total. The van der Waals surface area contributed by atoms with E-state index in [4.69, 9.17) is 8.83 Å². The van der Waals surface area contributed by atoms with Crippen LogP contribution >= 0.6 is 0 Å². The SMILES string of the molecule is O=c1cc(-c2ccccc2)c2ccc3oc(-c4ccccc4)cc3c2o1. The van der Waals surface area contributed by atoms with E-state index in [0.29, 0.717) is 11.2 Å². The summed E-state index contributed by atoms with van der Waals surface area (Å²) in [5.41, 5.74) is 3.71. The van der Waals surface area contributed by atoms with Gasteiger partial charge in [0.25, 0.3) is 0 Å². The Hall–Kier alpha value is -3.59. The molecule has 0 spiro atoms. The van der Waals surface area contributed by atoms with E-state index in [-0.39, 0.29) is 5.63 Å². The number of benzene rings is 3. The lowest BCUT2D eigenvalue weighted by Crippen LogP contribution is -1.98. The van der Waals surface area contributed by atoms with Crippen LogP contribution in [0.5, 0.6) is 0 Å². The summed E-state index contributed by atoms with van der Waals surface area (Å²) in [6.45, 7) is 0. The Bertz CT molecular complexity index is 1280. The molecule has 0 radical (unpaired) electrons. The third-order valence-electron chi connectivity index (χ3n) is 4.55. The Morgan fingerprint density at radius 1 is 0.615 bits per heavy atom. The Morgan fingerprint density at radius 2 is 1.31 bits per heavy atom. The molecule has 0 aliphatic carbocycles. The van der Waals surface area contributed by atoms with Crippen molar-refractivity contribution >= 4 is 21.9 Å². The van der Waals surface area contributed by atoms with Gasteiger partial charge >= 0.3 is 5.63 Å². The Balaban J connectivity index is 1.82. The first kappa shape index (κ1) is 14.7. The molecule has 3 aromatic carbocycles. The van der Waals surface area contributed by atoms with E-state index in [1.807, 2.05) is 78.9 Å². The minimum Gasteiger partial charge on any atom is -0.456 e. The van der Waals surface area contributed by atoms with E-state index in [0.717, 1.165) is 33.2 Å². The van der Waals surface area contributed by atoms with E-state index < -0.39 is 0 Å². The van der Waals surface area contributed by atoms with E-state index >= 15 is 0 Å². The maximum atomic E-state index is 12.2. The molecule has 0 atom stereocenters. The van der Waals surface area contributed by atoms with E-state index in [9.17, 15) is 4.79 Å². The summed E-state index contributed by atoms with van der Waals surface area (Å²) < 4.78 is 11.6. The Labute approximate surface area is 149 Å². The predicted octanol–water partition coefficient (Wildman–Crippen LogP) is 5.87. The van der Waals surface area contributed by atoms with Crippen LogP contribution < -0.4 is 5.63 Å². The zero-order valence-electron chi connectivity index (χ0n) is 13.8. The molecule has 124 valence electrons. The van der Waals surface area contributed by atoms with Crippen molar-refractivity contribution in [1.29, 1.82) is 0 Å². The van der Waals surface area contributed by atoms with Gasteiger partial charge in [-0.25, -0.2) is 4.79 Å². The van der Waals surface area contributed by atoms with Gasteiger partial charge in [-0.05, 0) is 29.3 Å². The molecular weight excluding hydrogens is 324 g/mol. The van der Waals surface area contributed by atoms with E-state index in [1.165, 1.54) is 0 Å². The highest BCUT2D eigenvalue weighted by Crippen LogP contribution is 2.35. The molecule has 0 aliphatic rings. The number of rotatable bonds is 2. The summed E-state index contributed by atoms with van der Waals surface area (Å²) >= 11 is 0. The standard InChI is InChI=1S/C23H14O3/c24-22-14-18(15-7-3-1-4-8-15)17-11-12-20-19(23(17)26-22)13-21(25-20)16-9-5-2-6-10-16/h1-14H. The van der Waals surface area contributed by atoms with Crippen LogP contribution in [0.3, 0.4) is 0 Å². The summed E-state index contributed by atoms with van der Waals surface area (Å²) in [6, 6.07) is 27.1. The van der Waals surface area contributed by atoms with Crippen molar-refractivity contribution < 1.29 is 8.83 Å². The third-order valence-corrected chi connectivity index (χ3v) is 4.55. The average Bonchev–Trinajstić information content (AvgIpc) is 3.14. The molecule has 2 aromatic heterocycles. The van der Waals surface area contributed by atoms with Crippen molar-refractivity contribution in [3.63, 3.8) is 0 Å². The van der Waals surface area contributed by atoms with Crippen LogP contribution in [0.25, 0.3) is 44.4 Å². The topological polar surface area (TPSA) is 43.4 Å². The lowest BCUT2D eigenvalue weighted by Gasteiger charge is -2.05. The lowest BCUT2D eigenvalue weighted by atomic mass is 10.0. The molecule has 0 saturated heterocycles. The number of hydrogen-bond donors (Lipinski definition) is 0. The number of furan rings is 1. The molecule has 3 heteroatoms. The summed E-state index contributed by atoms with van der Waals surface area (Å²) in [7, 11) is 0. The quantitative estimate of drug-likeness (QED) is 0.378. The zero-order valence-corrected chi connectivity index (χ0v) is 13.8. The molecular formula is C23H14O3. The van der Waals surface area contributed by atoms with Crippen LogP contribution in [-0.2, 0) is 0 Å². The van der Waals surface area contributed by atoms with Gasteiger partial charge < -0.3 is 8.83 Å². The van der Waals surface area contributed by atoms with Crippen molar-refractivity contribution in [2.24, 2.45) is 0 Å². The second kappa shape index (κ2) is 5.74. The van der Waals surface area contributed by atoms with Crippen LogP contribution in [0.2, 0.25) is 0 Å². The van der Waals surface area contributed by atoms with Crippen molar-refractivity contribution in [3.05, 3.63) is 95.3 Å². The lowest BCUT2D eigenvalue weighted by molar-refractivity contribution is 0.564. The second-order valence-corrected chi connectivity index (χ2v) is 6.18. The van der Waals surface area contributed by atoms with Gasteiger partial charge in [0.15, 0.2) is 0 Å². The Kier molecular flexibility index (Phi) is 3.25. The van der Waals surface area contributed by atoms with Crippen LogP contribution in [0.1, 0.15) is 0 Å². The fourth-order valence-corrected chi connectivity index (χ4v) is 3.34.